The van der Waals surface area contributed by atoms with Gasteiger partial charge in [-0.1, -0.05) is 12.1 Å². The Hall–Kier alpha value is -0.620. The van der Waals surface area contributed by atoms with E-state index in [9.17, 15) is 0 Å². The molecule has 0 saturated carbocycles. The molecule has 0 aromatic heterocycles. The minimum atomic E-state index is 1.00. The number of piperazine rings is 1. The van der Waals surface area contributed by atoms with E-state index in [-0.39, 0.29) is 0 Å². The summed E-state index contributed by atoms with van der Waals surface area (Å²) in [6.45, 7) is 9.23. The molecule has 1 fully saturated rings. The fourth-order valence-electron chi connectivity index (χ4n) is 2.53. The third-order valence-corrected chi connectivity index (χ3v) is 4.64. The number of anilines is 1. The van der Waals surface area contributed by atoms with Crippen molar-refractivity contribution in [3.05, 3.63) is 28.7 Å². The van der Waals surface area contributed by atoms with Crippen LogP contribution in [0.3, 0.4) is 0 Å². The minimum Gasteiger partial charge on any atom is -0.383 e. The van der Waals surface area contributed by atoms with Crippen LogP contribution in [-0.4, -0.2) is 81.2 Å². The quantitative estimate of drug-likeness (QED) is 0.808. The Bertz CT molecular complexity index is 416. The number of nitrogens with zero attached hydrogens (tertiary/aromatic N) is 3. The average molecular weight is 355 g/mol. The summed E-state index contributed by atoms with van der Waals surface area (Å²) in [5.74, 6) is 0. The summed E-state index contributed by atoms with van der Waals surface area (Å²) >= 11 is 3.57. The first-order valence-electron chi connectivity index (χ1n) is 7.73. The molecular weight excluding hydrogens is 328 g/mol. The molecular formula is C16H27BrN4. The lowest BCUT2D eigenvalue weighted by Gasteiger charge is -2.35. The van der Waals surface area contributed by atoms with Crippen LogP contribution in [0.2, 0.25) is 0 Å². The number of nitrogens with one attached hydrogen (secondary N) is 1. The highest BCUT2D eigenvalue weighted by Crippen LogP contribution is 2.20. The van der Waals surface area contributed by atoms with Crippen LogP contribution in [0, 0.1) is 0 Å². The Morgan fingerprint density at radius 3 is 2.29 bits per heavy atom. The van der Waals surface area contributed by atoms with Crippen molar-refractivity contribution in [3.8, 4) is 0 Å². The topological polar surface area (TPSA) is 21.8 Å². The van der Waals surface area contributed by atoms with Gasteiger partial charge >= 0.3 is 0 Å². The molecule has 0 bridgehead atoms. The average Bonchev–Trinajstić information content (AvgIpc) is 2.48. The van der Waals surface area contributed by atoms with Gasteiger partial charge in [-0.3, -0.25) is 9.80 Å². The number of para-hydroxylation sites is 1. The Labute approximate surface area is 137 Å². The molecule has 0 amide bonds. The first kappa shape index (κ1) is 16.7. The molecule has 4 nitrogen and oxygen atoms in total. The molecule has 1 saturated heterocycles. The molecule has 0 atom stereocenters. The van der Waals surface area contributed by atoms with Crippen molar-refractivity contribution in [1.29, 1.82) is 0 Å². The first-order valence-corrected chi connectivity index (χ1v) is 8.52. The van der Waals surface area contributed by atoms with Crippen molar-refractivity contribution in [3.63, 3.8) is 0 Å². The van der Waals surface area contributed by atoms with Gasteiger partial charge in [0.2, 0.25) is 0 Å². The summed E-state index contributed by atoms with van der Waals surface area (Å²) in [6.07, 6.45) is 0. The maximum Gasteiger partial charge on any atom is 0.0485 e. The number of hydrogen-bond acceptors (Lipinski definition) is 4. The second-order valence-electron chi connectivity index (χ2n) is 5.89. The summed E-state index contributed by atoms with van der Waals surface area (Å²) in [5, 5.41) is 3.50. The van der Waals surface area contributed by atoms with Gasteiger partial charge in [0, 0.05) is 62.5 Å². The second-order valence-corrected chi connectivity index (χ2v) is 6.75. The maximum atomic E-state index is 3.57. The zero-order chi connectivity index (χ0) is 15.1. The normalized spacial score (nSPS) is 17.3. The van der Waals surface area contributed by atoms with E-state index in [0.717, 1.165) is 24.1 Å². The summed E-state index contributed by atoms with van der Waals surface area (Å²) < 4.78 is 1.14. The number of halogens is 1. The molecule has 0 unspecified atom stereocenters. The highest BCUT2D eigenvalue weighted by molar-refractivity contribution is 9.10. The van der Waals surface area contributed by atoms with E-state index >= 15 is 0 Å². The Balaban J connectivity index is 1.62. The lowest BCUT2D eigenvalue weighted by molar-refractivity contribution is 0.128. The number of likely N-dealkylation sites (N-methyl/N-ethyl adjacent to an activating group) is 1. The van der Waals surface area contributed by atoms with Gasteiger partial charge in [-0.05, 0) is 42.2 Å². The Morgan fingerprint density at radius 1 is 1.05 bits per heavy atom. The summed E-state index contributed by atoms with van der Waals surface area (Å²) in [7, 11) is 4.28. The van der Waals surface area contributed by atoms with Crippen LogP contribution in [0.1, 0.15) is 0 Å². The zero-order valence-electron chi connectivity index (χ0n) is 13.2. The van der Waals surface area contributed by atoms with E-state index in [1.54, 1.807) is 0 Å². The van der Waals surface area contributed by atoms with Crippen LogP contribution in [0.4, 0.5) is 5.69 Å². The molecule has 1 heterocycles. The summed E-state index contributed by atoms with van der Waals surface area (Å²) in [4.78, 5) is 7.38. The summed E-state index contributed by atoms with van der Waals surface area (Å²) in [6, 6.07) is 8.30. The maximum absolute atomic E-state index is 3.57. The molecule has 0 radical (unpaired) electrons. The van der Waals surface area contributed by atoms with Crippen LogP contribution in [0.5, 0.6) is 0 Å². The first-order chi connectivity index (χ1) is 10.1. The van der Waals surface area contributed by atoms with E-state index in [1.807, 2.05) is 6.07 Å². The van der Waals surface area contributed by atoms with E-state index < -0.39 is 0 Å². The van der Waals surface area contributed by atoms with Crippen molar-refractivity contribution in [2.45, 2.75) is 0 Å². The number of benzene rings is 1. The zero-order valence-corrected chi connectivity index (χ0v) is 14.8. The molecule has 1 aliphatic heterocycles. The van der Waals surface area contributed by atoms with Gasteiger partial charge in [0.1, 0.15) is 0 Å². The molecule has 118 valence electrons. The fourth-order valence-corrected chi connectivity index (χ4v) is 2.96. The monoisotopic (exact) mass is 354 g/mol. The second kappa shape index (κ2) is 8.73. The van der Waals surface area contributed by atoms with Crippen LogP contribution in [0.15, 0.2) is 28.7 Å². The molecule has 0 aliphatic carbocycles. The third kappa shape index (κ3) is 5.94. The van der Waals surface area contributed by atoms with Crippen molar-refractivity contribution in [2.24, 2.45) is 0 Å². The van der Waals surface area contributed by atoms with Gasteiger partial charge in [0.05, 0.1) is 0 Å². The predicted octanol–water partition coefficient (Wildman–Crippen LogP) is 2.04. The van der Waals surface area contributed by atoms with E-state index in [2.05, 4.69) is 68.2 Å². The molecule has 5 heteroatoms. The number of rotatable bonds is 7. The predicted molar refractivity (Wildman–Crippen MR) is 94.1 cm³/mol. The van der Waals surface area contributed by atoms with E-state index in [1.165, 1.54) is 38.4 Å². The van der Waals surface area contributed by atoms with Crippen molar-refractivity contribution >= 4 is 21.6 Å². The van der Waals surface area contributed by atoms with Crippen LogP contribution in [-0.2, 0) is 0 Å². The summed E-state index contributed by atoms with van der Waals surface area (Å²) in [5.41, 5.74) is 1.18. The molecule has 1 N–H and O–H groups in total. The van der Waals surface area contributed by atoms with Crippen molar-refractivity contribution in [1.82, 2.24) is 14.7 Å². The van der Waals surface area contributed by atoms with Crippen molar-refractivity contribution in [2.75, 3.05) is 71.8 Å². The van der Waals surface area contributed by atoms with E-state index in [4.69, 9.17) is 0 Å². The van der Waals surface area contributed by atoms with Gasteiger partial charge in [-0.25, -0.2) is 0 Å². The lowest BCUT2D eigenvalue weighted by atomic mass is 10.3. The van der Waals surface area contributed by atoms with Crippen LogP contribution >= 0.6 is 15.9 Å². The van der Waals surface area contributed by atoms with Crippen LogP contribution in [0.25, 0.3) is 0 Å². The Kier molecular flexibility index (Phi) is 6.96. The minimum absolute atomic E-state index is 1.00. The van der Waals surface area contributed by atoms with Crippen molar-refractivity contribution < 1.29 is 0 Å². The van der Waals surface area contributed by atoms with Gasteiger partial charge in [0.25, 0.3) is 0 Å². The molecule has 2 rings (SSSR count). The number of hydrogen-bond donors (Lipinski definition) is 1. The SMILES string of the molecule is CN(C)CCN1CCN(CCNc2ccccc2Br)CC1. The molecule has 1 aromatic rings. The molecule has 0 spiro atoms. The Morgan fingerprint density at radius 2 is 1.67 bits per heavy atom. The highest BCUT2D eigenvalue weighted by Gasteiger charge is 2.16. The van der Waals surface area contributed by atoms with Gasteiger partial charge in [0.15, 0.2) is 0 Å². The van der Waals surface area contributed by atoms with E-state index in [0.29, 0.717) is 0 Å². The van der Waals surface area contributed by atoms with Gasteiger partial charge in [-0.15, -0.1) is 0 Å². The fraction of sp³-hybridized carbons (Fsp3) is 0.625. The third-order valence-electron chi connectivity index (χ3n) is 3.95. The van der Waals surface area contributed by atoms with Gasteiger partial charge in [-0.2, -0.15) is 0 Å². The lowest BCUT2D eigenvalue weighted by Crippen LogP contribution is -2.48. The van der Waals surface area contributed by atoms with Gasteiger partial charge < -0.3 is 10.2 Å². The molecule has 1 aliphatic rings. The largest absolute Gasteiger partial charge is 0.383 e. The molecule has 1 aromatic carbocycles. The standard InChI is InChI=1S/C16H27BrN4/c1-19(2)9-10-21-13-11-20(12-14-21)8-7-18-16-6-4-3-5-15(16)17/h3-6,18H,7-14H2,1-2H3. The smallest absolute Gasteiger partial charge is 0.0485 e. The van der Waals surface area contributed by atoms with Crippen LogP contribution < -0.4 is 5.32 Å². The highest BCUT2D eigenvalue weighted by atomic mass is 79.9. The molecule has 21 heavy (non-hydrogen) atoms.